The van der Waals surface area contributed by atoms with Crippen molar-refractivity contribution in [3.63, 3.8) is 0 Å². The first-order valence-electron chi connectivity index (χ1n) is 7.59. The molecule has 0 radical (unpaired) electrons. The molecule has 0 bridgehead atoms. The minimum Gasteiger partial charge on any atom is -0.394 e. The van der Waals surface area contributed by atoms with Crippen molar-refractivity contribution in [3.8, 4) is 0 Å². The second-order valence-electron chi connectivity index (χ2n) is 5.92. The van der Waals surface area contributed by atoms with E-state index in [4.69, 9.17) is 9.84 Å². The average molecular weight is 311 g/mol. The molecule has 2 saturated heterocycles. The molecule has 3 heterocycles. The molecule has 8 nitrogen and oxygen atoms in total. The largest absolute Gasteiger partial charge is 0.394 e. The van der Waals surface area contributed by atoms with Crippen molar-refractivity contribution in [1.29, 1.82) is 0 Å². The number of H-pyrrole nitrogens is 1. The number of nitrogens with zero attached hydrogens (tertiary/aromatic N) is 2. The van der Waals surface area contributed by atoms with Crippen molar-refractivity contribution in [1.82, 2.24) is 14.5 Å². The Labute approximate surface area is 127 Å². The van der Waals surface area contributed by atoms with Crippen LogP contribution < -0.4 is 11.2 Å². The van der Waals surface area contributed by atoms with Gasteiger partial charge < -0.3 is 14.9 Å². The molecule has 0 spiro atoms. The minimum atomic E-state index is -0.823. The van der Waals surface area contributed by atoms with Gasteiger partial charge in [-0.15, -0.1) is 0 Å². The van der Waals surface area contributed by atoms with Gasteiger partial charge >= 0.3 is 5.69 Å². The summed E-state index contributed by atoms with van der Waals surface area (Å²) in [4.78, 5) is 28.4. The third-order valence-electron chi connectivity index (χ3n) is 4.33. The van der Waals surface area contributed by atoms with Gasteiger partial charge in [0.1, 0.15) is 12.3 Å². The molecule has 3 atom stereocenters. The smallest absolute Gasteiger partial charge is 0.330 e. The highest BCUT2D eigenvalue weighted by molar-refractivity contribution is 5.05. The zero-order chi connectivity index (χ0) is 15.7. The van der Waals surface area contributed by atoms with Crippen molar-refractivity contribution >= 4 is 0 Å². The Balaban J connectivity index is 1.85. The van der Waals surface area contributed by atoms with Gasteiger partial charge in [-0.05, 0) is 25.9 Å². The van der Waals surface area contributed by atoms with Crippen LogP contribution in [0.25, 0.3) is 0 Å². The number of aliphatic hydroxyl groups excluding tert-OH is 2. The number of hydrogen-bond donors (Lipinski definition) is 3. The van der Waals surface area contributed by atoms with Gasteiger partial charge in [-0.25, -0.2) is 4.79 Å². The number of likely N-dealkylation sites (tertiary alicyclic amines) is 1. The van der Waals surface area contributed by atoms with E-state index in [0.29, 0.717) is 12.1 Å². The summed E-state index contributed by atoms with van der Waals surface area (Å²) in [6.07, 6.45) is 1.76. The lowest BCUT2D eigenvalue weighted by molar-refractivity contribution is -0.0460. The number of ether oxygens (including phenoxy) is 1. The van der Waals surface area contributed by atoms with E-state index in [9.17, 15) is 14.7 Å². The zero-order valence-corrected chi connectivity index (χ0v) is 12.3. The van der Waals surface area contributed by atoms with Crippen LogP contribution in [0.1, 0.15) is 31.1 Å². The summed E-state index contributed by atoms with van der Waals surface area (Å²) in [5.74, 6) is 0. The van der Waals surface area contributed by atoms with E-state index < -0.39 is 24.1 Å². The number of hydrogen-bond acceptors (Lipinski definition) is 6. The van der Waals surface area contributed by atoms with E-state index in [1.54, 1.807) is 0 Å². The van der Waals surface area contributed by atoms with Crippen molar-refractivity contribution < 1.29 is 14.9 Å². The molecular weight excluding hydrogens is 290 g/mol. The summed E-state index contributed by atoms with van der Waals surface area (Å²) in [6, 6.07) is 0. The van der Waals surface area contributed by atoms with Crippen LogP contribution in [0.4, 0.5) is 0 Å². The molecule has 22 heavy (non-hydrogen) atoms. The SMILES string of the molecule is O=c1[nH]c(=O)n(C2CC(O)C(CO)O2)cc1CN1CCCC1. The lowest BCUT2D eigenvalue weighted by atomic mass is 10.2. The van der Waals surface area contributed by atoms with Gasteiger partial charge in [0.25, 0.3) is 5.56 Å². The Bertz CT molecular complexity index is 634. The molecule has 122 valence electrons. The predicted molar refractivity (Wildman–Crippen MR) is 77.5 cm³/mol. The van der Waals surface area contributed by atoms with Crippen molar-refractivity contribution in [3.05, 3.63) is 32.6 Å². The molecule has 0 amide bonds. The summed E-state index contributed by atoms with van der Waals surface area (Å²) in [5.41, 5.74) is -0.441. The summed E-state index contributed by atoms with van der Waals surface area (Å²) < 4.78 is 6.78. The average Bonchev–Trinajstić information content (AvgIpc) is 3.11. The zero-order valence-electron chi connectivity index (χ0n) is 12.3. The van der Waals surface area contributed by atoms with Gasteiger partial charge in [0.2, 0.25) is 0 Å². The maximum absolute atomic E-state index is 12.0. The van der Waals surface area contributed by atoms with Crippen molar-refractivity contribution in [2.45, 2.75) is 44.2 Å². The van der Waals surface area contributed by atoms with E-state index in [1.807, 2.05) is 0 Å². The Hall–Kier alpha value is -1.48. The van der Waals surface area contributed by atoms with Gasteiger partial charge in [-0.2, -0.15) is 0 Å². The van der Waals surface area contributed by atoms with Crippen molar-refractivity contribution in [2.75, 3.05) is 19.7 Å². The fraction of sp³-hybridized carbons (Fsp3) is 0.714. The van der Waals surface area contributed by atoms with Crippen LogP contribution in [0, 0.1) is 0 Å². The Morgan fingerprint density at radius 3 is 2.68 bits per heavy atom. The van der Waals surface area contributed by atoms with Gasteiger partial charge in [0.05, 0.1) is 12.7 Å². The third-order valence-corrected chi connectivity index (χ3v) is 4.33. The lowest BCUT2D eigenvalue weighted by Gasteiger charge is -2.17. The second-order valence-corrected chi connectivity index (χ2v) is 5.92. The minimum absolute atomic E-state index is 0.209. The van der Waals surface area contributed by atoms with Gasteiger partial charge in [0, 0.05) is 24.7 Å². The van der Waals surface area contributed by atoms with E-state index in [-0.39, 0.29) is 18.6 Å². The highest BCUT2D eigenvalue weighted by Gasteiger charge is 2.35. The normalized spacial score (nSPS) is 29.3. The number of nitrogens with one attached hydrogen (secondary N) is 1. The van der Waals surface area contributed by atoms with E-state index in [1.165, 1.54) is 10.8 Å². The van der Waals surface area contributed by atoms with Crippen LogP contribution in [0.3, 0.4) is 0 Å². The number of aliphatic hydroxyl groups is 2. The van der Waals surface area contributed by atoms with Gasteiger partial charge in [-0.3, -0.25) is 19.2 Å². The summed E-state index contributed by atoms with van der Waals surface area (Å²) in [7, 11) is 0. The molecule has 0 aliphatic carbocycles. The quantitative estimate of drug-likeness (QED) is 0.643. The van der Waals surface area contributed by atoms with Gasteiger partial charge in [0.15, 0.2) is 0 Å². The highest BCUT2D eigenvalue weighted by Crippen LogP contribution is 2.27. The standard InChI is InChI=1S/C14H21N3O5/c18-8-11-10(19)5-12(22-11)17-7-9(13(20)15-14(17)21)6-16-3-1-2-4-16/h7,10-12,18-19H,1-6,8H2,(H,15,20,21). The second kappa shape index (κ2) is 6.33. The molecule has 3 N–H and O–H groups in total. The first-order chi connectivity index (χ1) is 10.6. The van der Waals surface area contributed by atoms with Crippen LogP contribution >= 0.6 is 0 Å². The number of aromatic amines is 1. The Morgan fingerprint density at radius 1 is 1.32 bits per heavy atom. The molecule has 3 rings (SSSR count). The third kappa shape index (κ3) is 3.00. The van der Waals surface area contributed by atoms with Crippen molar-refractivity contribution in [2.24, 2.45) is 0 Å². The molecule has 8 heteroatoms. The Morgan fingerprint density at radius 2 is 2.05 bits per heavy atom. The van der Waals surface area contributed by atoms with Crippen LogP contribution in [-0.2, 0) is 11.3 Å². The van der Waals surface area contributed by atoms with E-state index in [0.717, 1.165) is 25.9 Å². The molecule has 2 aliphatic rings. The molecule has 2 fully saturated rings. The summed E-state index contributed by atoms with van der Waals surface area (Å²) in [5, 5.41) is 18.9. The van der Waals surface area contributed by atoms with E-state index in [2.05, 4.69) is 9.88 Å². The fourth-order valence-electron chi connectivity index (χ4n) is 3.09. The first kappa shape index (κ1) is 15.4. The molecule has 1 aromatic rings. The van der Waals surface area contributed by atoms with Crippen LogP contribution in [0.2, 0.25) is 0 Å². The maximum Gasteiger partial charge on any atom is 0.330 e. The molecule has 3 unspecified atom stereocenters. The summed E-state index contributed by atoms with van der Waals surface area (Å²) >= 11 is 0. The van der Waals surface area contributed by atoms with Crippen LogP contribution in [0.15, 0.2) is 15.8 Å². The molecule has 0 saturated carbocycles. The van der Waals surface area contributed by atoms with Gasteiger partial charge in [-0.1, -0.05) is 0 Å². The number of aromatic nitrogens is 2. The molecular formula is C14H21N3O5. The lowest BCUT2D eigenvalue weighted by Crippen LogP contribution is -2.36. The fourth-order valence-corrected chi connectivity index (χ4v) is 3.09. The maximum atomic E-state index is 12.0. The topological polar surface area (TPSA) is 108 Å². The molecule has 1 aromatic heterocycles. The Kier molecular flexibility index (Phi) is 4.44. The number of rotatable bonds is 4. The highest BCUT2D eigenvalue weighted by atomic mass is 16.5. The predicted octanol–water partition coefficient (Wildman–Crippen LogP) is -1.23. The summed E-state index contributed by atoms with van der Waals surface area (Å²) in [6.45, 7) is 2.08. The van der Waals surface area contributed by atoms with Crippen LogP contribution in [-0.4, -0.2) is 56.6 Å². The molecule has 2 aliphatic heterocycles. The van der Waals surface area contributed by atoms with E-state index >= 15 is 0 Å². The van der Waals surface area contributed by atoms with Crippen LogP contribution in [0.5, 0.6) is 0 Å². The molecule has 0 aromatic carbocycles. The first-order valence-corrected chi connectivity index (χ1v) is 7.59. The monoisotopic (exact) mass is 311 g/mol.